The van der Waals surface area contributed by atoms with Crippen molar-refractivity contribution in [2.75, 3.05) is 0 Å². The SMILES string of the molecule is O=C(O)C(=O)C1Cc2ccccc2CN1S(=O)(=O)/C=C/c1ccccc1. The average Bonchev–Trinajstić information content (AvgIpc) is 2.65. The van der Waals surface area contributed by atoms with Crippen LogP contribution >= 0.6 is 0 Å². The molecule has 0 bridgehead atoms. The van der Waals surface area contributed by atoms with E-state index >= 15 is 0 Å². The van der Waals surface area contributed by atoms with Crippen molar-refractivity contribution < 1.29 is 23.1 Å². The number of carboxylic acids is 1. The molecular weight excluding hydrogens is 354 g/mol. The summed E-state index contributed by atoms with van der Waals surface area (Å²) in [6, 6.07) is 14.7. The number of nitrogens with zero attached hydrogens (tertiary/aromatic N) is 1. The summed E-state index contributed by atoms with van der Waals surface area (Å²) in [6.07, 6.45) is 1.47. The number of fused-ring (bicyclic) bond motifs is 1. The number of hydrogen-bond acceptors (Lipinski definition) is 4. The Morgan fingerprint density at radius 1 is 1.00 bits per heavy atom. The van der Waals surface area contributed by atoms with Gasteiger partial charge in [0.2, 0.25) is 10.0 Å². The second kappa shape index (κ2) is 7.23. The minimum absolute atomic E-state index is 0.0404. The molecule has 0 fully saturated rings. The zero-order chi connectivity index (χ0) is 18.7. The number of benzene rings is 2. The Bertz CT molecular complexity index is 966. The fourth-order valence-corrected chi connectivity index (χ4v) is 4.27. The normalized spacial score (nSPS) is 17.8. The largest absolute Gasteiger partial charge is 0.475 e. The van der Waals surface area contributed by atoms with Gasteiger partial charge in [0.25, 0.3) is 5.78 Å². The zero-order valence-corrected chi connectivity index (χ0v) is 14.6. The molecule has 1 unspecified atom stereocenters. The van der Waals surface area contributed by atoms with E-state index < -0.39 is 27.8 Å². The van der Waals surface area contributed by atoms with Crippen LogP contribution in [0.3, 0.4) is 0 Å². The Kier molecular flexibility index (Phi) is 5.01. The number of carbonyl (C=O) groups is 2. The van der Waals surface area contributed by atoms with Gasteiger partial charge in [-0.05, 0) is 29.2 Å². The average molecular weight is 371 g/mol. The van der Waals surface area contributed by atoms with Crippen LogP contribution in [0.4, 0.5) is 0 Å². The molecule has 0 spiro atoms. The number of rotatable bonds is 5. The lowest BCUT2D eigenvalue weighted by Gasteiger charge is -2.33. The third-order valence-corrected chi connectivity index (χ3v) is 5.80. The molecule has 1 heterocycles. The number of aliphatic carboxylic acids is 1. The van der Waals surface area contributed by atoms with Crippen LogP contribution < -0.4 is 0 Å². The molecule has 1 aliphatic rings. The van der Waals surface area contributed by atoms with Crippen molar-refractivity contribution in [1.82, 2.24) is 4.31 Å². The molecule has 6 nitrogen and oxygen atoms in total. The summed E-state index contributed by atoms with van der Waals surface area (Å²) in [7, 11) is -3.98. The van der Waals surface area contributed by atoms with Gasteiger partial charge >= 0.3 is 5.97 Å². The van der Waals surface area contributed by atoms with Crippen molar-refractivity contribution >= 4 is 27.9 Å². The van der Waals surface area contributed by atoms with Crippen molar-refractivity contribution in [1.29, 1.82) is 0 Å². The van der Waals surface area contributed by atoms with Crippen molar-refractivity contribution in [3.8, 4) is 0 Å². The molecule has 0 radical (unpaired) electrons. The van der Waals surface area contributed by atoms with E-state index in [1.54, 1.807) is 48.5 Å². The minimum Gasteiger partial charge on any atom is -0.475 e. The predicted molar refractivity (Wildman–Crippen MR) is 96.5 cm³/mol. The first kappa shape index (κ1) is 18.0. The van der Waals surface area contributed by atoms with Crippen molar-refractivity contribution in [2.45, 2.75) is 19.0 Å². The van der Waals surface area contributed by atoms with Gasteiger partial charge in [-0.1, -0.05) is 54.6 Å². The highest BCUT2D eigenvalue weighted by Crippen LogP contribution is 2.27. The molecule has 1 N–H and O–H groups in total. The van der Waals surface area contributed by atoms with Gasteiger partial charge in [0.05, 0.1) is 6.04 Å². The Morgan fingerprint density at radius 3 is 2.27 bits per heavy atom. The lowest BCUT2D eigenvalue weighted by Crippen LogP contribution is -2.50. The molecule has 26 heavy (non-hydrogen) atoms. The summed E-state index contributed by atoms with van der Waals surface area (Å²) in [5, 5.41) is 10.1. The highest BCUT2D eigenvalue weighted by molar-refractivity contribution is 7.92. The topological polar surface area (TPSA) is 91.8 Å². The van der Waals surface area contributed by atoms with Crippen LogP contribution in [0, 0.1) is 0 Å². The fourth-order valence-electron chi connectivity index (χ4n) is 2.94. The standard InChI is InChI=1S/C19H17NO5S/c21-18(19(22)23)17-12-15-8-4-5-9-16(15)13-20(17)26(24,25)11-10-14-6-2-1-3-7-14/h1-11,17H,12-13H2,(H,22,23)/b11-10+. The van der Waals surface area contributed by atoms with Crippen molar-refractivity contribution in [3.05, 3.63) is 76.7 Å². The minimum atomic E-state index is -3.98. The van der Waals surface area contributed by atoms with Crippen molar-refractivity contribution in [3.63, 3.8) is 0 Å². The van der Waals surface area contributed by atoms with Gasteiger partial charge < -0.3 is 5.11 Å². The van der Waals surface area contributed by atoms with Gasteiger partial charge in [-0.25, -0.2) is 13.2 Å². The smallest absolute Gasteiger partial charge is 0.373 e. The van der Waals surface area contributed by atoms with Crippen LogP contribution in [0.25, 0.3) is 6.08 Å². The molecule has 0 aromatic heterocycles. The van der Waals surface area contributed by atoms with E-state index in [9.17, 15) is 18.0 Å². The number of sulfonamides is 1. The van der Waals surface area contributed by atoms with Crippen LogP contribution in [0.1, 0.15) is 16.7 Å². The molecular formula is C19H17NO5S. The Labute approximate surface area is 151 Å². The first-order chi connectivity index (χ1) is 12.4. The summed E-state index contributed by atoms with van der Waals surface area (Å²) in [4.78, 5) is 23.3. The van der Waals surface area contributed by atoms with E-state index in [1.165, 1.54) is 6.08 Å². The van der Waals surface area contributed by atoms with E-state index in [-0.39, 0.29) is 13.0 Å². The summed E-state index contributed by atoms with van der Waals surface area (Å²) in [6.45, 7) is -0.0404. The lowest BCUT2D eigenvalue weighted by molar-refractivity contribution is -0.151. The maximum absolute atomic E-state index is 12.8. The monoisotopic (exact) mass is 371 g/mol. The van der Waals surface area contributed by atoms with E-state index in [1.807, 2.05) is 6.07 Å². The third-order valence-electron chi connectivity index (χ3n) is 4.28. The number of hydrogen-bond donors (Lipinski definition) is 1. The molecule has 7 heteroatoms. The number of carbonyl (C=O) groups excluding carboxylic acids is 1. The van der Waals surface area contributed by atoms with Gasteiger partial charge in [0.1, 0.15) is 0 Å². The van der Waals surface area contributed by atoms with Crippen LogP contribution in [-0.2, 0) is 32.6 Å². The van der Waals surface area contributed by atoms with Gasteiger partial charge in [-0.15, -0.1) is 0 Å². The summed E-state index contributed by atoms with van der Waals surface area (Å²) in [5.74, 6) is -2.77. The number of carboxylic acid groups (broad SMARTS) is 1. The van der Waals surface area contributed by atoms with Crippen LogP contribution in [0.15, 0.2) is 60.0 Å². The molecule has 0 saturated heterocycles. The highest BCUT2D eigenvalue weighted by Gasteiger charge is 2.40. The van der Waals surface area contributed by atoms with E-state index in [2.05, 4.69) is 0 Å². The predicted octanol–water partition coefficient (Wildman–Crippen LogP) is 2.07. The quantitative estimate of drug-likeness (QED) is 0.813. The Hall–Kier alpha value is -2.77. The van der Waals surface area contributed by atoms with Crippen LogP contribution in [-0.4, -0.2) is 35.6 Å². The van der Waals surface area contributed by atoms with Gasteiger partial charge in [-0.3, -0.25) is 4.79 Å². The van der Waals surface area contributed by atoms with E-state index in [0.717, 1.165) is 20.8 Å². The van der Waals surface area contributed by atoms with Gasteiger partial charge in [-0.2, -0.15) is 4.31 Å². The number of ketones is 1. The molecule has 0 amide bonds. The second-order valence-electron chi connectivity index (χ2n) is 5.96. The molecule has 1 atom stereocenters. The number of Topliss-reactive ketones (excluding diaryl/α,β-unsaturated/α-hetero) is 1. The highest BCUT2D eigenvalue weighted by atomic mass is 32.2. The lowest BCUT2D eigenvalue weighted by atomic mass is 9.94. The first-order valence-corrected chi connectivity index (χ1v) is 9.48. The molecule has 1 aliphatic heterocycles. The maximum Gasteiger partial charge on any atom is 0.373 e. The molecule has 2 aromatic carbocycles. The van der Waals surface area contributed by atoms with Crippen molar-refractivity contribution in [2.24, 2.45) is 0 Å². The van der Waals surface area contributed by atoms with Crippen LogP contribution in [0.2, 0.25) is 0 Å². The molecule has 0 saturated carbocycles. The van der Waals surface area contributed by atoms with Gasteiger partial charge in [0, 0.05) is 12.0 Å². The summed E-state index contributed by atoms with van der Waals surface area (Å²) >= 11 is 0. The molecule has 3 rings (SSSR count). The zero-order valence-electron chi connectivity index (χ0n) is 13.8. The summed E-state index contributed by atoms with van der Waals surface area (Å²) in [5.41, 5.74) is 2.24. The molecule has 0 aliphatic carbocycles. The molecule has 134 valence electrons. The third kappa shape index (κ3) is 3.74. The summed E-state index contributed by atoms with van der Waals surface area (Å²) < 4.78 is 26.6. The van der Waals surface area contributed by atoms with E-state index in [0.29, 0.717) is 5.56 Å². The fraction of sp³-hybridized carbons (Fsp3) is 0.158. The first-order valence-electron chi connectivity index (χ1n) is 7.97. The molecule has 2 aromatic rings. The van der Waals surface area contributed by atoms with E-state index in [4.69, 9.17) is 5.11 Å². The Morgan fingerprint density at radius 2 is 1.62 bits per heavy atom. The Balaban J connectivity index is 1.97. The van der Waals surface area contributed by atoms with Crippen LogP contribution in [0.5, 0.6) is 0 Å². The second-order valence-corrected chi connectivity index (χ2v) is 7.73. The van der Waals surface area contributed by atoms with Gasteiger partial charge in [0.15, 0.2) is 0 Å². The maximum atomic E-state index is 12.8.